The molecule has 0 aliphatic carbocycles. The van der Waals surface area contributed by atoms with Crippen LogP contribution in [-0.4, -0.2) is 37.2 Å². The zero-order valence-electron chi connectivity index (χ0n) is 44.5. The van der Waals surface area contributed by atoms with Crippen molar-refractivity contribution < 1.29 is 28.6 Å². The first-order chi connectivity index (χ1) is 31.9. The SMILES string of the molecule is CCCCCCCCCCCCCCCCCCCCC(=O)O[C@@H](COC(=O)CCCCCCCCCCCCCC)COC(=O)CCCCCCCCCCCCCCCCC(C)C. The molecule has 0 N–H and O–H groups in total. The van der Waals surface area contributed by atoms with Gasteiger partial charge < -0.3 is 14.2 Å². The van der Waals surface area contributed by atoms with E-state index in [1.165, 1.54) is 231 Å². The van der Waals surface area contributed by atoms with Gasteiger partial charge in [-0.15, -0.1) is 0 Å². The highest BCUT2D eigenvalue weighted by atomic mass is 16.6. The number of ether oxygens (including phenoxy) is 3. The molecule has 6 nitrogen and oxygen atoms in total. The van der Waals surface area contributed by atoms with Gasteiger partial charge in [0.2, 0.25) is 0 Å². The predicted octanol–water partition coefficient (Wildman–Crippen LogP) is 19.4. The highest BCUT2D eigenvalue weighted by molar-refractivity contribution is 5.71. The molecule has 0 saturated heterocycles. The average Bonchev–Trinajstić information content (AvgIpc) is 3.29. The highest BCUT2D eigenvalue weighted by Crippen LogP contribution is 2.18. The molecule has 0 heterocycles. The Hall–Kier alpha value is -1.59. The van der Waals surface area contributed by atoms with Gasteiger partial charge in [0.25, 0.3) is 0 Å². The van der Waals surface area contributed by atoms with Gasteiger partial charge in [0.15, 0.2) is 6.10 Å². The summed E-state index contributed by atoms with van der Waals surface area (Å²) in [6, 6.07) is 0. The van der Waals surface area contributed by atoms with Crippen LogP contribution in [0.3, 0.4) is 0 Å². The number of rotatable bonds is 54. The van der Waals surface area contributed by atoms with E-state index in [2.05, 4.69) is 27.7 Å². The zero-order chi connectivity index (χ0) is 47.4. The van der Waals surface area contributed by atoms with Crippen LogP contribution < -0.4 is 0 Å². The molecule has 0 spiro atoms. The fraction of sp³-hybridized carbons (Fsp3) is 0.949. The minimum Gasteiger partial charge on any atom is -0.462 e. The first-order valence-corrected chi connectivity index (χ1v) is 29.4. The number of esters is 3. The fourth-order valence-electron chi connectivity index (χ4n) is 9.10. The smallest absolute Gasteiger partial charge is 0.306 e. The van der Waals surface area contributed by atoms with Gasteiger partial charge in [-0.1, -0.05) is 297 Å². The molecule has 1 atom stereocenters. The van der Waals surface area contributed by atoms with Crippen LogP contribution in [0.5, 0.6) is 0 Å². The third-order valence-corrected chi connectivity index (χ3v) is 13.5. The Morgan fingerprint density at radius 3 is 0.754 bits per heavy atom. The van der Waals surface area contributed by atoms with Crippen LogP contribution in [0.2, 0.25) is 0 Å². The van der Waals surface area contributed by atoms with E-state index >= 15 is 0 Å². The van der Waals surface area contributed by atoms with Crippen LogP contribution in [-0.2, 0) is 28.6 Å². The van der Waals surface area contributed by atoms with Crippen molar-refractivity contribution in [3.63, 3.8) is 0 Å². The molecule has 0 radical (unpaired) electrons. The molecule has 0 aromatic rings. The summed E-state index contributed by atoms with van der Waals surface area (Å²) >= 11 is 0. The summed E-state index contributed by atoms with van der Waals surface area (Å²) in [5.74, 6) is 0.0104. The van der Waals surface area contributed by atoms with Gasteiger partial charge in [0.05, 0.1) is 0 Å². The maximum absolute atomic E-state index is 12.9. The lowest BCUT2D eigenvalue weighted by Gasteiger charge is -2.18. The molecule has 0 unspecified atom stereocenters. The molecule has 0 fully saturated rings. The average molecular weight is 920 g/mol. The molecule has 0 aromatic heterocycles. The van der Waals surface area contributed by atoms with Crippen molar-refractivity contribution in [2.75, 3.05) is 13.2 Å². The van der Waals surface area contributed by atoms with Crippen molar-refractivity contribution in [2.45, 2.75) is 342 Å². The normalized spacial score (nSPS) is 12.0. The largest absolute Gasteiger partial charge is 0.462 e. The summed E-state index contributed by atoms with van der Waals surface area (Å²) in [6.45, 7) is 9.07. The molecular weight excluding hydrogens is 805 g/mol. The molecule has 386 valence electrons. The van der Waals surface area contributed by atoms with Gasteiger partial charge in [0.1, 0.15) is 13.2 Å². The molecule has 0 rings (SSSR count). The Bertz CT molecular complexity index is 980. The van der Waals surface area contributed by atoms with Crippen LogP contribution in [0.4, 0.5) is 0 Å². The predicted molar refractivity (Wildman–Crippen MR) is 280 cm³/mol. The second-order valence-electron chi connectivity index (χ2n) is 20.8. The monoisotopic (exact) mass is 919 g/mol. The van der Waals surface area contributed by atoms with Gasteiger partial charge in [-0.3, -0.25) is 14.4 Å². The molecule has 0 aliphatic rings. The summed E-state index contributed by atoms with van der Waals surface area (Å²) in [6.07, 6.45) is 58.1. The number of hydrogen-bond acceptors (Lipinski definition) is 6. The van der Waals surface area contributed by atoms with Crippen molar-refractivity contribution in [3.05, 3.63) is 0 Å². The summed E-state index contributed by atoms with van der Waals surface area (Å²) in [4.78, 5) is 38.1. The third kappa shape index (κ3) is 53.2. The number of hydrogen-bond donors (Lipinski definition) is 0. The maximum atomic E-state index is 12.9. The molecular formula is C59H114O6. The lowest BCUT2D eigenvalue weighted by atomic mass is 10.0. The maximum Gasteiger partial charge on any atom is 0.306 e. The Kier molecular flexibility index (Phi) is 52.1. The number of carbonyl (C=O) groups excluding carboxylic acids is 3. The van der Waals surface area contributed by atoms with E-state index in [0.717, 1.165) is 63.7 Å². The molecule has 6 heteroatoms. The summed E-state index contributed by atoms with van der Waals surface area (Å²) in [5.41, 5.74) is 0. The second-order valence-corrected chi connectivity index (χ2v) is 20.8. The van der Waals surface area contributed by atoms with Gasteiger partial charge in [-0.05, 0) is 25.2 Å². The lowest BCUT2D eigenvalue weighted by Crippen LogP contribution is -2.30. The van der Waals surface area contributed by atoms with Crippen LogP contribution in [0.25, 0.3) is 0 Å². The van der Waals surface area contributed by atoms with Crippen LogP contribution in [0.15, 0.2) is 0 Å². The Morgan fingerprint density at radius 1 is 0.292 bits per heavy atom. The van der Waals surface area contributed by atoms with E-state index in [1.54, 1.807) is 0 Å². The van der Waals surface area contributed by atoms with Gasteiger partial charge in [0, 0.05) is 19.3 Å². The summed E-state index contributed by atoms with van der Waals surface area (Å²) in [7, 11) is 0. The highest BCUT2D eigenvalue weighted by Gasteiger charge is 2.19. The van der Waals surface area contributed by atoms with Gasteiger partial charge in [-0.25, -0.2) is 0 Å². The van der Waals surface area contributed by atoms with Crippen molar-refractivity contribution in [3.8, 4) is 0 Å². The van der Waals surface area contributed by atoms with Crippen molar-refractivity contribution in [1.29, 1.82) is 0 Å². The number of unbranched alkanes of at least 4 members (excludes halogenated alkanes) is 41. The fourth-order valence-corrected chi connectivity index (χ4v) is 9.10. The molecule has 0 aromatic carbocycles. The topological polar surface area (TPSA) is 78.9 Å². The molecule has 0 amide bonds. The van der Waals surface area contributed by atoms with E-state index in [9.17, 15) is 14.4 Å². The zero-order valence-corrected chi connectivity index (χ0v) is 44.5. The Balaban J connectivity index is 4.27. The molecule has 0 aliphatic heterocycles. The van der Waals surface area contributed by atoms with Crippen LogP contribution in [0, 0.1) is 5.92 Å². The van der Waals surface area contributed by atoms with Gasteiger partial charge >= 0.3 is 17.9 Å². The minimum atomic E-state index is -0.761. The van der Waals surface area contributed by atoms with E-state index in [0.29, 0.717) is 19.3 Å². The van der Waals surface area contributed by atoms with E-state index < -0.39 is 6.10 Å². The van der Waals surface area contributed by atoms with Crippen molar-refractivity contribution in [2.24, 2.45) is 5.92 Å². The standard InChI is InChI=1S/C59H114O6/c1-5-7-9-11-13-15-17-19-20-21-22-23-28-32-36-40-44-48-52-59(62)65-56(53-63-57(60)50-46-42-38-34-30-18-16-14-12-10-8-6-2)54-64-58(61)51-47-43-39-35-31-27-25-24-26-29-33-37-41-45-49-55(3)4/h55-56H,5-54H2,1-4H3/t56-/m0/s1. The Labute approximate surface area is 406 Å². The second kappa shape index (κ2) is 53.4. The first-order valence-electron chi connectivity index (χ1n) is 29.4. The van der Waals surface area contributed by atoms with E-state index in [4.69, 9.17) is 14.2 Å². The third-order valence-electron chi connectivity index (χ3n) is 13.5. The van der Waals surface area contributed by atoms with Crippen LogP contribution >= 0.6 is 0 Å². The van der Waals surface area contributed by atoms with E-state index in [-0.39, 0.29) is 31.1 Å². The molecule has 0 saturated carbocycles. The van der Waals surface area contributed by atoms with Crippen molar-refractivity contribution >= 4 is 17.9 Å². The lowest BCUT2D eigenvalue weighted by molar-refractivity contribution is -0.167. The van der Waals surface area contributed by atoms with E-state index in [1.807, 2.05) is 0 Å². The first kappa shape index (κ1) is 63.4. The quantitative estimate of drug-likeness (QED) is 0.0344. The Morgan fingerprint density at radius 2 is 0.508 bits per heavy atom. The van der Waals surface area contributed by atoms with Gasteiger partial charge in [-0.2, -0.15) is 0 Å². The summed E-state index contributed by atoms with van der Waals surface area (Å²) in [5, 5.41) is 0. The number of carbonyl (C=O) groups is 3. The minimum absolute atomic E-state index is 0.0618. The molecule has 65 heavy (non-hydrogen) atoms. The molecule has 0 bridgehead atoms. The van der Waals surface area contributed by atoms with Crippen molar-refractivity contribution in [1.82, 2.24) is 0 Å². The summed E-state index contributed by atoms with van der Waals surface area (Å²) < 4.78 is 16.9. The van der Waals surface area contributed by atoms with Crippen LogP contribution in [0.1, 0.15) is 336 Å².